The molecule has 9 heteroatoms. The summed E-state index contributed by atoms with van der Waals surface area (Å²) in [4.78, 5) is 32.3. The third kappa shape index (κ3) is 4.11. The first-order valence-corrected chi connectivity index (χ1v) is 10.3. The number of fused-ring (bicyclic) bond motifs is 1. The van der Waals surface area contributed by atoms with E-state index in [0.29, 0.717) is 27.2 Å². The van der Waals surface area contributed by atoms with Crippen LogP contribution in [0.2, 0.25) is 0 Å². The maximum Gasteiger partial charge on any atom is 0.267 e. The number of amides is 1. The van der Waals surface area contributed by atoms with Gasteiger partial charge in [0.25, 0.3) is 11.5 Å². The van der Waals surface area contributed by atoms with Gasteiger partial charge in [0.15, 0.2) is 0 Å². The fraction of sp³-hybridized carbons (Fsp3) is 0.368. The van der Waals surface area contributed by atoms with Crippen LogP contribution in [-0.4, -0.2) is 49.3 Å². The number of anilines is 1. The van der Waals surface area contributed by atoms with Gasteiger partial charge in [0, 0.05) is 19.3 Å². The molecule has 28 heavy (non-hydrogen) atoms. The highest BCUT2D eigenvalue weighted by atomic mass is 32.2. The topological polar surface area (TPSA) is 86.9 Å². The Morgan fingerprint density at radius 2 is 2.14 bits per heavy atom. The minimum absolute atomic E-state index is 0.104. The Morgan fingerprint density at radius 3 is 2.86 bits per heavy atom. The summed E-state index contributed by atoms with van der Waals surface area (Å²) in [5, 5.41) is 12.1. The van der Waals surface area contributed by atoms with Gasteiger partial charge < -0.3 is 10.4 Å². The first-order valence-electron chi connectivity index (χ1n) is 9.09. The first kappa shape index (κ1) is 20.5. The van der Waals surface area contributed by atoms with Gasteiger partial charge in [-0.3, -0.25) is 18.9 Å². The van der Waals surface area contributed by atoms with Crippen molar-refractivity contribution in [3.05, 3.63) is 44.7 Å². The molecule has 3 heterocycles. The third-order valence-electron chi connectivity index (χ3n) is 4.29. The molecular formula is C19H22N4O3S2. The van der Waals surface area contributed by atoms with Crippen molar-refractivity contribution in [1.29, 1.82) is 0 Å². The number of thiocarbonyl (C=S) groups is 1. The standard InChI is InChI=1S/C19H22N4O3S2/c1-3-4-8-22-18(26)14(28-19(22)27)10-13-16(20-7-9-24)21-15-6-5-12(2)11-23(15)17(13)25/h5-6,10-11,20,24H,3-4,7-9H2,1-2H3. The van der Waals surface area contributed by atoms with Crippen LogP contribution in [0.3, 0.4) is 0 Å². The summed E-state index contributed by atoms with van der Waals surface area (Å²) in [5.74, 6) is 0.145. The zero-order chi connectivity index (χ0) is 20.3. The lowest BCUT2D eigenvalue weighted by molar-refractivity contribution is -0.122. The van der Waals surface area contributed by atoms with Crippen LogP contribution in [0.25, 0.3) is 11.7 Å². The summed E-state index contributed by atoms with van der Waals surface area (Å²) < 4.78 is 1.96. The monoisotopic (exact) mass is 418 g/mol. The van der Waals surface area contributed by atoms with Gasteiger partial charge in [0.05, 0.1) is 17.1 Å². The molecule has 2 aromatic rings. The number of unbranched alkanes of at least 4 members (excludes halogenated alkanes) is 1. The Labute approximate surface area is 172 Å². The van der Waals surface area contributed by atoms with E-state index in [9.17, 15) is 9.59 Å². The van der Waals surface area contributed by atoms with Crippen LogP contribution in [0.15, 0.2) is 28.0 Å². The fourth-order valence-corrected chi connectivity index (χ4v) is 4.13. The molecule has 1 saturated heterocycles. The Kier molecular flexibility index (Phi) is 6.48. The van der Waals surface area contributed by atoms with Gasteiger partial charge in [-0.05, 0) is 31.1 Å². The van der Waals surface area contributed by atoms with Gasteiger partial charge in [0.2, 0.25) is 0 Å². The fourth-order valence-electron chi connectivity index (χ4n) is 2.84. The van der Waals surface area contributed by atoms with Crippen LogP contribution in [-0.2, 0) is 4.79 Å². The molecule has 0 radical (unpaired) electrons. The second-order valence-corrected chi connectivity index (χ2v) is 8.13. The number of aliphatic hydroxyl groups is 1. The number of nitrogens with one attached hydrogen (secondary N) is 1. The van der Waals surface area contributed by atoms with Crippen molar-refractivity contribution in [2.45, 2.75) is 26.7 Å². The maximum atomic E-state index is 13.1. The van der Waals surface area contributed by atoms with Gasteiger partial charge in [-0.1, -0.05) is 43.4 Å². The van der Waals surface area contributed by atoms with E-state index in [-0.39, 0.29) is 30.2 Å². The van der Waals surface area contributed by atoms with Crippen molar-refractivity contribution in [2.75, 3.05) is 25.0 Å². The van der Waals surface area contributed by atoms with Gasteiger partial charge in [-0.15, -0.1) is 0 Å². The predicted octanol–water partition coefficient (Wildman–Crippen LogP) is 2.41. The van der Waals surface area contributed by atoms with Crippen LogP contribution in [0.5, 0.6) is 0 Å². The van der Waals surface area contributed by atoms with Crippen molar-refractivity contribution >= 4 is 51.7 Å². The van der Waals surface area contributed by atoms with Crippen molar-refractivity contribution < 1.29 is 9.90 Å². The smallest absolute Gasteiger partial charge is 0.267 e. The van der Waals surface area contributed by atoms with Gasteiger partial charge >= 0.3 is 0 Å². The zero-order valence-corrected chi connectivity index (χ0v) is 17.4. The van der Waals surface area contributed by atoms with E-state index >= 15 is 0 Å². The molecule has 0 aliphatic carbocycles. The van der Waals surface area contributed by atoms with E-state index in [2.05, 4.69) is 17.2 Å². The average Bonchev–Trinajstić information content (AvgIpc) is 2.94. The quantitative estimate of drug-likeness (QED) is 0.527. The number of aryl methyl sites for hydroxylation is 1. The van der Waals surface area contributed by atoms with Crippen molar-refractivity contribution in [3.63, 3.8) is 0 Å². The van der Waals surface area contributed by atoms with Crippen molar-refractivity contribution in [3.8, 4) is 0 Å². The second kappa shape index (κ2) is 8.85. The number of thioether (sulfide) groups is 1. The largest absolute Gasteiger partial charge is 0.395 e. The van der Waals surface area contributed by atoms with Gasteiger partial charge in [-0.2, -0.15) is 0 Å². The van der Waals surface area contributed by atoms with Gasteiger partial charge in [-0.25, -0.2) is 4.98 Å². The Morgan fingerprint density at radius 1 is 1.36 bits per heavy atom. The highest BCUT2D eigenvalue weighted by Gasteiger charge is 2.32. The Bertz CT molecular complexity index is 1020. The molecule has 3 rings (SSSR count). The third-order valence-corrected chi connectivity index (χ3v) is 5.67. The number of rotatable bonds is 7. The Balaban J connectivity index is 2.09. The number of hydrogen-bond acceptors (Lipinski definition) is 7. The summed E-state index contributed by atoms with van der Waals surface area (Å²) in [6.07, 6.45) is 5.09. The predicted molar refractivity (Wildman–Crippen MR) is 117 cm³/mol. The SMILES string of the molecule is CCCCN1C(=O)C(=Cc2c(NCCO)nc3ccc(C)cn3c2=O)SC1=S. The van der Waals surface area contributed by atoms with E-state index in [1.165, 1.54) is 16.2 Å². The highest BCUT2D eigenvalue weighted by Crippen LogP contribution is 2.33. The minimum atomic E-state index is -0.284. The van der Waals surface area contributed by atoms with E-state index < -0.39 is 0 Å². The molecule has 0 aromatic carbocycles. The lowest BCUT2D eigenvalue weighted by Gasteiger charge is -2.13. The molecular weight excluding hydrogens is 396 g/mol. The highest BCUT2D eigenvalue weighted by molar-refractivity contribution is 8.26. The summed E-state index contributed by atoms with van der Waals surface area (Å²) >= 11 is 6.53. The Hall–Kier alpha value is -2.23. The molecule has 0 atom stereocenters. The number of pyridine rings is 1. The van der Waals surface area contributed by atoms with Crippen LogP contribution in [0, 0.1) is 6.92 Å². The number of carbonyl (C=O) groups is 1. The zero-order valence-electron chi connectivity index (χ0n) is 15.8. The van der Waals surface area contributed by atoms with E-state index in [4.69, 9.17) is 17.3 Å². The van der Waals surface area contributed by atoms with Crippen LogP contribution in [0.1, 0.15) is 30.9 Å². The molecule has 0 bridgehead atoms. The summed E-state index contributed by atoms with van der Waals surface area (Å²) in [6, 6.07) is 3.63. The molecule has 1 aliphatic heterocycles. The molecule has 2 aromatic heterocycles. The van der Waals surface area contributed by atoms with Gasteiger partial charge in [0.1, 0.15) is 15.8 Å². The second-order valence-electron chi connectivity index (χ2n) is 6.45. The summed E-state index contributed by atoms with van der Waals surface area (Å²) in [5.41, 5.74) is 1.40. The lowest BCUT2D eigenvalue weighted by atomic mass is 10.2. The minimum Gasteiger partial charge on any atom is -0.395 e. The molecule has 0 spiro atoms. The van der Waals surface area contributed by atoms with Crippen molar-refractivity contribution in [2.24, 2.45) is 0 Å². The van der Waals surface area contributed by atoms with E-state index in [0.717, 1.165) is 18.4 Å². The number of carbonyl (C=O) groups excluding carboxylic acids is 1. The maximum absolute atomic E-state index is 13.1. The summed E-state index contributed by atoms with van der Waals surface area (Å²) in [7, 11) is 0. The summed E-state index contributed by atoms with van der Waals surface area (Å²) in [6.45, 7) is 4.65. The van der Waals surface area contributed by atoms with Crippen molar-refractivity contribution in [1.82, 2.24) is 14.3 Å². The van der Waals surface area contributed by atoms with Crippen LogP contribution in [0.4, 0.5) is 5.82 Å². The van der Waals surface area contributed by atoms with Crippen LogP contribution < -0.4 is 10.9 Å². The first-order chi connectivity index (χ1) is 13.5. The van der Waals surface area contributed by atoms with E-state index in [1.807, 2.05) is 13.0 Å². The number of aliphatic hydroxyl groups excluding tert-OH is 1. The number of nitrogens with zero attached hydrogens (tertiary/aromatic N) is 3. The number of hydrogen-bond donors (Lipinski definition) is 2. The number of aromatic nitrogens is 2. The molecule has 7 nitrogen and oxygen atoms in total. The molecule has 1 fully saturated rings. The molecule has 1 amide bonds. The van der Waals surface area contributed by atoms with E-state index in [1.54, 1.807) is 23.2 Å². The normalized spacial score (nSPS) is 15.8. The lowest BCUT2D eigenvalue weighted by Crippen LogP contribution is -2.29. The molecule has 2 N–H and O–H groups in total. The van der Waals surface area contributed by atoms with Crippen LogP contribution >= 0.6 is 24.0 Å². The molecule has 1 aliphatic rings. The molecule has 0 unspecified atom stereocenters. The average molecular weight is 419 g/mol. The molecule has 148 valence electrons. The molecule has 0 saturated carbocycles.